The molecule has 3 nitrogen and oxygen atoms in total. The minimum atomic E-state index is -3.20. The third-order valence-corrected chi connectivity index (χ3v) is 11.5. The van der Waals surface area contributed by atoms with Crippen molar-refractivity contribution in [2.75, 3.05) is 5.75 Å². The average Bonchev–Trinajstić information content (AvgIpc) is 3.08. The van der Waals surface area contributed by atoms with E-state index < -0.39 is 15.4 Å². The SMILES string of the molecule is CC12CCC3C4CC[C@](C)(O)CC4=CCC3C1CCC2CCS(=O)(=O)c1ccccc1. The first kappa shape index (κ1) is 21.7. The van der Waals surface area contributed by atoms with Crippen molar-refractivity contribution in [3.8, 4) is 0 Å². The molecule has 0 saturated heterocycles. The van der Waals surface area contributed by atoms with Gasteiger partial charge in [-0.3, -0.25) is 0 Å². The van der Waals surface area contributed by atoms with Gasteiger partial charge >= 0.3 is 0 Å². The van der Waals surface area contributed by atoms with Gasteiger partial charge in [0.15, 0.2) is 9.84 Å². The van der Waals surface area contributed by atoms with E-state index in [2.05, 4.69) is 13.0 Å². The highest BCUT2D eigenvalue weighted by molar-refractivity contribution is 7.91. The Hall–Kier alpha value is -1.13. The van der Waals surface area contributed by atoms with E-state index in [1.165, 1.54) is 37.7 Å². The van der Waals surface area contributed by atoms with Gasteiger partial charge in [-0.1, -0.05) is 36.8 Å². The molecule has 31 heavy (non-hydrogen) atoms. The van der Waals surface area contributed by atoms with Crippen molar-refractivity contribution in [2.45, 2.75) is 82.1 Å². The largest absolute Gasteiger partial charge is 0.390 e. The Morgan fingerprint density at radius 1 is 1.00 bits per heavy atom. The minimum absolute atomic E-state index is 0.278. The van der Waals surface area contributed by atoms with Crippen LogP contribution in [0.25, 0.3) is 0 Å². The topological polar surface area (TPSA) is 54.4 Å². The number of allylic oxidation sites excluding steroid dienone is 1. The van der Waals surface area contributed by atoms with Crippen LogP contribution in [0.15, 0.2) is 46.9 Å². The van der Waals surface area contributed by atoms with E-state index in [1.54, 1.807) is 12.1 Å². The average molecular weight is 443 g/mol. The maximum absolute atomic E-state index is 12.9. The molecule has 5 rings (SSSR count). The Bertz CT molecular complexity index is 948. The van der Waals surface area contributed by atoms with E-state index in [0.717, 1.165) is 43.4 Å². The molecule has 1 N–H and O–H groups in total. The van der Waals surface area contributed by atoms with E-state index in [1.807, 2.05) is 25.1 Å². The fraction of sp³-hybridized carbons (Fsp3) is 0.704. The van der Waals surface area contributed by atoms with Gasteiger partial charge in [0.2, 0.25) is 0 Å². The minimum Gasteiger partial charge on any atom is -0.390 e. The highest BCUT2D eigenvalue weighted by Gasteiger charge is 2.56. The predicted octanol–water partition coefficient (Wildman–Crippen LogP) is 5.79. The summed E-state index contributed by atoms with van der Waals surface area (Å²) in [4.78, 5) is 0.469. The molecule has 3 saturated carbocycles. The first-order valence-electron chi connectivity index (χ1n) is 12.4. The fourth-order valence-corrected chi connectivity index (χ4v) is 9.49. The number of benzene rings is 1. The molecular formula is C27H38O3S. The summed E-state index contributed by atoms with van der Waals surface area (Å²) in [6, 6.07) is 8.96. The lowest BCUT2D eigenvalue weighted by atomic mass is 9.51. The first-order valence-corrected chi connectivity index (χ1v) is 14.0. The van der Waals surface area contributed by atoms with Crippen LogP contribution in [0.4, 0.5) is 0 Å². The third kappa shape index (κ3) is 3.82. The van der Waals surface area contributed by atoms with Crippen LogP contribution < -0.4 is 0 Å². The first-order chi connectivity index (χ1) is 14.7. The summed E-state index contributed by atoms with van der Waals surface area (Å²) in [6.45, 7) is 4.48. The Morgan fingerprint density at radius 3 is 2.55 bits per heavy atom. The lowest BCUT2D eigenvalue weighted by molar-refractivity contribution is -0.0332. The van der Waals surface area contributed by atoms with Crippen molar-refractivity contribution in [1.29, 1.82) is 0 Å². The van der Waals surface area contributed by atoms with E-state index >= 15 is 0 Å². The number of hydrogen-bond donors (Lipinski definition) is 1. The second kappa shape index (κ2) is 7.73. The van der Waals surface area contributed by atoms with Gasteiger partial charge in [0.25, 0.3) is 0 Å². The number of fused-ring (bicyclic) bond motifs is 5. The number of hydrogen-bond acceptors (Lipinski definition) is 3. The summed E-state index contributed by atoms with van der Waals surface area (Å²) in [5, 5.41) is 10.6. The summed E-state index contributed by atoms with van der Waals surface area (Å²) in [6.07, 6.45) is 12.4. The zero-order valence-corrected chi connectivity index (χ0v) is 19.9. The van der Waals surface area contributed by atoms with Crippen molar-refractivity contribution in [3.63, 3.8) is 0 Å². The van der Waals surface area contributed by atoms with Gasteiger partial charge in [0.1, 0.15) is 0 Å². The van der Waals surface area contributed by atoms with Crippen LogP contribution in [0.1, 0.15) is 71.6 Å². The summed E-state index contributed by atoms with van der Waals surface area (Å²) in [5.74, 6) is 3.75. The second-order valence-corrected chi connectivity index (χ2v) is 13.6. The number of sulfone groups is 1. The fourth-order valence-electron chi connectivity index (χ4n) is 8.09. The van der Waals surface area contributed by atoms with Crippen molar-refractivity contribution in [1.82, 2.24) is 0 Å². The number of aliphatic hydroxyl groups is 1. The van der Waals surface area contributed by atoms with Crippen molar-refractivity contribution < 1.29 is 13.5 Å². The summed E-state index contributed by atoms with van der Waals surface area (Å²) in [7, 11) is -3.20. The van der Waals surface area contributed by atoms with Crippen LogP contribution in [-0.2, 0) is 9.84 Å². The smallest absolute Gasteiger partial charge is 0.178 e. The van der Waals surface area contributed by atoms with Gasteiger partial charge < -0.3 is 5.11 Å². The quantitative estimate of drug-likeness (QED) is 0.601. The Morgan fingerprint density at radius 2 is 1.77 bits per heavy atom. The normalized spacial score (nSPS) is 42.3. The lowest BCUT2D eigenvalue weighted by Gasteiger charge is -2.54. The maximum Gasteiger partial charge on any atom is 0.178 e. The van der Waals surface area contributed by atoms with Crippen molar-refractivity contribution in [2.24, 2.45) is 35.0 Å². The van der Waals surface area contributed by atoms with Gasteiger partial charge in [0.05, 0.1) is 16.2 Å². The Kier molecular flexibility index (Phi) is 5.41. The highest BCUT2D eigenvalue weighted by atomic mass is 32.2. The molecule has 0 radical (unpaired) electrons. The molecule has 3 fully saturated rings. The van der Waals surface area contributed by atoms with Crippen molar-refractivity contribution in [3.05, 3.63) is 42.0 Å². The molecule has 4 aliphatic rings. The molecule has 1 aromatic rings. The van der Waals surface area contributed by atoms with Crippen LogP contribution in [0.5, 0.6) is 0 Å². The second-order valence-electron chi connectivity index (χ2n) is 11.5. The maximum atomic E-state index is 12.9. The Labute approximate surface area is 188 Å². The molecule has 7 atom stereocenters. The van der Waals surface area contributed by atoms with Gasteiger partial charge in [0, 0.05) is 0 Å². The molecule has 0 aromatic heterocycles. The highest BCUT2D eigenvalue weighted by Crippen LogP contribution is 2.64. The molecule has 0 amide bonds. The molecule has 4 heteroatoms. The monoisotopic (exact) mass is 442 g/mol. The van der Waals surface area contributed by atoms with Crippen LogP contribution in [-0.4, -0.2) is 24.9 Å². The third-order valence-electron chi connectivity index (χ3n) is 9.75. The Balaban J connectivity index is 1.30. The predicted molar refractivity (Wildman–Crippen MR) is 124 cm³/mol. The number of rotatable bonds is 4. The molecule has 170 valence electrons. The van der Waals surface area contributed by atoms with Crippen LogP contribution in [0, 0.1) is 35.0 Å². The zero-order valence-electron chi connectivity index (χ0n) is 19.1. The van der Waals surface area contributed by atoms with Gasteiger partial charge in [-0.05, 0) is 112 Å². The summed E-state index contributed by atoms with van der Waals surface area (Å²) < 4.78 is 25.7. The lowest BCUT2D eigenvalue weighted by Crippen LogP contribution is -2.47. The standard InChI is InChI=1S/C27H38O3S/c1-26(28)15-12-22-19(18-26)8-10-24-23(22)13-16-27(2)20(9-11-25(24)27)14-17-31(29,30)21-6-4-3-5-7-21/h3-8,20,22-25,28H,9-18H2,1-2H3/t20?,22?,23?,24?,25?,26-,27?/m0/s1. The molecule has 0 spiro atoms. The van der Waals surface area contributed by atoms with E-state index in [-0.39, 0.29) is 5.75 Å². The molecule has 0 heterocycles. The molecule has 6 unspecified atom stereocenters. The van der Waals surface area contributed by atoms with Gasteiger partial charge in [-0.25, -0.2) is 8.42 Å². The molecule has 4 aliphatic carbocycles. The molecular weight excluding hydrogens is 404 g/mol. The summed E-state index contributed by atoms with van der Waals surface area (Å²) >= 11 is 0. The molecule has 1 aromatic carbocycles. The van der Waals surface area contributed by atoms with E-state index in [0.29, 0.717) is 22.1 Å². The van der Waals surface area contributed by atoms with Crippen LogP contribution in [0.2, 0.25) is 0 Å². The van der Waals surface area contributed by atoms with Crippen LogP contribution >= 0.6 is 0 Å². The van der Waals surface area contributed by atoms with E-state index in [9.17, 15) is 13.5 Å². The summed E-state index contributed by atoms with van der Waals surface area (Å²) in [5.41, 5.74) is 1.31. The van der Waals surface area contributed by atoms with Crippen molar-refractivity contribution >= 4 is 9.84 Å². The van der Waals surface area contributed by atoms with Gasteiger partial charge in [-0.15, -0.1) is 0 Å². The van der Waals surface area contributed by atoms with Gasteiger partial charge in [-0.2, -0.15) is 0 Å². The molecule has 0 aliphatic heterocycles. The van der Waals surface area contributed by atoms with E-state index in [4.69, 9.17) is 0 Å². The zero-order chi connectivity index (χ0) is 21.9. The molecule has 0 bridgehead atoms. The van der Waals surface area contributed by atoms with Crippen LogP contribution in [0.3, 0.4) is 0 Å².